The number of anilines is 2. The lowest BCUT2D eigenvalue weighted by atomic mass is 10.1. The van der Waals surface area contributed by atoms with Crippen LogP contribution in [0, 0.1) is 0 Å². The molecule has 7 nitrogen and oxygen atoms in total. The van der Waals surface area contributed by atoms with Crippen molar-refractivity contribution in [2.24, 2.45) is 0 Å². The number of hydrogen-bond donors (Lipinski definition) is 2. The minimum Gasteiger partial charge on any atom is -0.383 e. The van der Waals surface area contributed by atoms with Crippen molar-refractivity contribution in [3.63, 3.8) is 0 Å². The van der Waals surface area contributed by atoms with Crippen LogP contribution in [0.5, 0.6) is 0 Å². The Labute approximate surface area is 134 Å². The summed E-state index contributed by atoms with van der Waals surface area (Å²) in [5.41, 5.74) is 1.43. The van der Waals surface area contributed by atoms with Crippen LogP contribution in [0.15, 0.2) is 36.5 Å². The lowest BCUT2D eigenvalue weighted by molar-refractivity contribution is 0.101. The van der Waals surface area contributed by atoms with Crippen molar-refractivity contribution < 1.29 is 14.3 Å². The topological polar surface area (TPSA) is 93.2 Å². The highest BCUT2D eigenvalue weighted by atomic mass is 16.5. The van der Waals surface area contributed by atoms with Crippen molar-refractivity contribution >= 4 is 23.3 Å². The monoisotopic (exact) mass is 314 g/mol. The molecule has 2 aromatic rings. The Balaban J connectivity index is 2.02. The molecule has 0 spiro atoms. The fraction of sp³-hybridized carbons (Fsp3) is 0.250. The van der Waals surface area contributed by atoms with Gasteiger partial charge in [-0.15, -0.1) is 0 Å². The summed E-state index contributed by atoms with van der Waals surface area (Å²) in [5, 5.41) is 5.69. The Morgan fingerprint density at radius 2 is 1.91 bits per heavy atom. The number of ether oxygens (including phenoxy) is 1. The molecule has 120 valence electrons. The van der Waals surface area contributed by atoms with E-state index in [0.29, 0.717) is 30.4 Å². The third kappa shape index (κ3) is 4.86. The third-order valence-electron chi connectivity index (χ3n) is 3.03. The Morgan fingerprint density at radius 3 is 2.57 bits per heavy atom. The lowest BCUT2D eigenvalue weighted by Crippen LogP contribution is -2.16. The van der Waals surface area contributed by atoms with Gasteiger partial charge in [-0.1, -0.05) is 0 Å². The summed E-state index contributed by atoms with van der Waals surface area (Å²) < 4.78 is 4.93. The molecule has 0 aliphatic rings. The van der Waals surface area contributed by atoms with Crippen LogP contribution in [-0.2, 0) is 4.74 Å². The number of rotatable bonds is 7. The quantitative estimate of drug-likeness (QED) is 0.599. The zero-order chi connectivity index (χ0) is 16.7. The van der Waals surface area contributed by atoms with E-state index in [9.17, 15) is 9.59 Å². The normalized spacial score (nSPS) is 10.2. The Bertz CT molecular complexity index is 686. The average molecular weight is 314 g/mol. The van der Waals surface area contributed by atoms with E-state index in [1.165, 1.54) is 19.2 Å². The molecule has 2 rings (SSSR count). The van der Waals surface area contributed by atoms with E-state index >= 15 is 0 Å². The molecule has 2 N–H and O–H groups in total. The minimum absolute atomic E-state index is 0.0227. The van der Waals surface area contributed by atoms with Gasteiger partial charge in [0.05, 0.1) is 6.61 Å². The number of carbonyl (C=O) groups excluding carboxylic acids is 2. The summed E-state index contributed by atoms with van der Waals surface area (Å²) >= 11 is 0. The van der Waals surface area contributed by atoms with Crippen LogP contribution in [-0.4, -0.2) is 41.9 Å². The van der Waals surface area contributed by atoms with Gasteiger partial charge >= 0.3 is 0 Å². The number of aromatic nitrogens is 2. The number of methoxy groups -OCH3 is 1. The van der Waals surface area contributed by atoms with Crippen molar-refractivity contribution in [1.29, 1.82) is 0 Å². The van der Waals surface area contributed by atoms with Gasteiger partial charge in [0.15, 0.2) is 5.78 Å². The molecule has 1 heterocycles. The highest BCUT2D eigenvalue weighted by Gasteiger charge is 2.09. The van der Waals surface area contributed by atoms with Gasteiger partial charge in [0.2, 0.25) is 5.95 Å². The first kappa shape index (κ1) is 16.6. The maximum atomic E-state index is 12.2. The van der Waals surface area contributed by atoms with E-state index in [0.717, 1.165) is 0 Å². The van der Waals surface area contributed by atoms with E-state index in [2.05, 4.69) is 20.6 Å². The maximum absolute atomic E-state index is 12.2. The van der Waals surface area contributed by atoms with E-state index < -0.39 is 0 Å². The fourth-order valence-electron chi connectivity index (χ4n) is 1.82. The van der Waals surface area contributed by atoms with Crippen LogP contribution >= 0.6 is 0 Å². The average Bonchev–Trinajstić information content (AvgIpc) is 2.56. The van der Waals surface area contributed by atoms with E-state index in [1.807, 2.05) is 0 Å². The number of nitrogens with zero attached hydrogens (tertiary/aromatic N) is 2. The molecule has 0 unspecified atom stereocenters. The molecular formula is C16H18N4O3. The molecule has 0 fully saturated rings. The molecule has 0 radical (unpaired) electrons. The largest absolute Gasteiger partial charge is 0.383 e. The molecule has 0 aliphatic heterocycles. The van der Waals surface area contributed by atoms with Gasteiger partial charge in [0.25, 0.3) is 5.91 Å². The Kier molecular flexibility index (Phi) is 5.76. The molecule has 0 saturated heterocycles. The van der Waals surface area contributed by atoms with Crippen molar-refractivity contribution in [3.8, 4) is 0 Å². The number of carbonyl (C=O) groups is 2. The fourth-order valence-corrected chi connectivity index (χ4v) is 1.82. The van der Waals surface area contributed by atoms with Gasteiger partial charge in [-0.2, -0.15) is 0 Å². The molecule has 23 heavy (non-hydrogen) atoms. The summed E-state index contributed by atoms with van der Waals surface area (Å²) in [6.45, 7) is 2.56. The predicted octanol–water partition coefficient (Wildman–Crippen LogP) is 1.99. The number of amides is 1. The second-order valence-corrected chi connectivity index (χ2v) is 4.77. The lowest BCUT2D eigenvalue weighted by Gasteiger charge is -2.07. The first-order valence-corrected chi connectivity index (χ1v) is 7.08. The second kappa shape index (κ2) is 8.00. The number of benzene rings is 1. The summed E-state index contributed by atoms with van der Waals surface area (Å²) in [5.74, 6) is -0.00940. The molecule has 1 amide bonds. The summed E-state index contributed by atoms with van der Waals surface area (Å²) in [6, 6.07) is 8.20. The summed E-state index contributed by atoms with van der Waals surface area (Å²) in [4.78, 5) is 31.6. The van der Waals surface area contributed by atoms with Crippen LogP contribution in [0.4, 0.5) is 11.6 Å². The zero-order valence-electron chi connectivity index (χ0n) is 13.0. The zero-order valence-corrected chi connectivity index (χ0v) is 13.0. The van der Waals surface area contributed by atoms with E-state index in [-0.39, 0.29) is 17.4 Å². The van der Waals surface area contributed by atoms with Crippen LogP contribution in [0.2, 0.25) is 0 Å². The number of hydrogen-bond acceptors (Lipinski definition) is 6. The summed E-state index contributed by atoms with van der Waals surface area (Å²) in [6.07, 6.45) is 1.51. The number of ketones is 1. The van der Waals surface area contributed by atoms with Gasteiger partial charge in [0, 0.05) is 31.1 Å². The molecule has 0 atom stereocenters. The van der Waals surface area contributed by atoms with Crippen LogP contribution in [0.3, 0.4) is 0 Å². The van der Waals surface area contributed by atoms with Gasteiger partial charge in [-0.25, -0.2) is 9.97 Å². The molecule has 7 heteroatoms. The van der Waals surface area contributed by atoms with Crippen molar-refractivity contribution in [1.82, 2.24) is 9.97 Å². The van der Waals surface area contributed by atoms with Crippen LogP contribution in [0.25, 0.3) is 0 Å². The minimum atomic E-state index is -0.349. The second-order valence-electron chi connectivity index (χ2n) is 4.77. The Morgan fingerprint density at radius 1 is 1.17 bits per heavy atom. The van der Waals surface area contributed by atoms with E-state index in [1.54, 1.807) is 31.4 Å². The van der Waals surface area contributed by atoms with Gasteiger partial charge in [-0.3, -0.25) is 9.59 Å². The van der Waals surface area contributed by atoms with Gasteiger partial charge < -0.3 is 15.4 Å². The summed E-state index contributed by atoms with van der Waals surface area (Å²) in [7, 11) is 1.60. The highest BCUT2D eigenvalue weighted by molar-refractivity contribution is 6.03. The predicted molar refractivity (Wildman–Crippen MR) is 86.8 cm³/mol. The van der Waals surface area contributed by atoms with Crippen molar-refractivity contribution in [3.05, 3.63) is 47.8 Å². The molecule has 0 saturated carbocycles. The molecular weight excluding hydrogens is 296 g/mol. The maximum Gasteiger partial charge on any atom is 0.274 e. The first-order valence-electron chi connectivity index (χ1n) is 7.08. The molecule has 1 aromatic carbocycles. The molecule has 1 aromatic heterocycles. The van der Waals surface area contributed by atoms with Crippen LogP contribution in [0.1, 0.15) is 27.8 Å². The number of Topliss-reactive ketones (excluding diaryl/α,β-unsaturated/α-hetero) is 1. The molecule has 0 aliphatic carbocycles. The number of nitrogens with one attached hydrogen (secondary N) is 2. The van der Waals surface area contributed by atoms with Gasteiger partial charge in [-0.05, 0) is 37.3 Å². The van der Waals surface area contributed by atoms with Crippen molar-refractivity contribution in [2.45, 2.75) is 6.92 Å². The SMILES string of the molecule is COCCNc1nccc(C(=O)Nc2ccc(C(C)=O)cc2)n1. The van der Waals surface area contributed by atoms with Gasteiger partial charge in [0.1, 0.15) is 5.69 Å². The standard InChI is InChI=1S/C16H18N4O3/c1-11(21)12-3-5-13(6-4-12)19-15(22)14-7-8-17-16(20-14)18-9-10-23-2/h3-8H,9-10H2,1-2H3,(H,19,22)(H,17,18,20). The van der Waals surface area contributed by atoms with Crippen LogP contribution < -0.4 is 10.6 Å². The van der Waals surface area contributed by atoms with E-state index in [4.69, 9.17) is 4.74 Å². The Hall–Kier alpha value is -2.80. The molecule has 0 bridgehead atoms. The third-order valence-corrected chi connectivity index (χ3v) is 3.03. The smallest absolute Gasteiger partial charge is 0.274 e. The highest BCUT2D eigenvalue weighted by Crippen LogP contribution is 2.11. The first-order chi connectivity index (χ1) is 11.1. The van der Waals surface area contributed by atoms with Crippen molar-refractivity contribution in [2.75, 3.05) is 30.9 Å².